The fourth-order valence-electron chi connectivity index (χ4n) is 4.11. The molecular formula is C25H25N3O. The van der Waals surface area contributed by atoms with Gasteiger partial charge in [-0.2, -0.15) is 5.26 Å². The van der Waals surface area contributed by atoms with Crippen LogP contribution in [0.3, 0.4) is 0 Å². The molecule has 0 bridgehead atoms. The first-order chi connectivity index (χ1) is 14.2. The number of carbonyl (C=O) groups is 1. The average molecular weight is 383 g/mol. The molecule has 1 amide bonds. The van der Waals surface area contributed by atoms with Crippen molar-refractivity contribution in [2.24, 2.45) is 5.92 Å². The first kappa shape index (κ1) is 19.0. The molecule has 1 fully saturated rings. The van der Waals surface area contributed by atoms with Crippen LogP contribution < -0.4 is 4.90 Å². The molecule has 1 heterocycles. The van der Waals surface area contributed by atoms with E-state index in [1.54, 1.807) is 0 Å². The smallest absolute Gasteiger partial charge is 0.240 e. The molecule has 0 aliphatic carbocycles. The molecule has 1 aliphatic heterocycles. The second-order valence-electron chi connectivity index (χ2n) is 7.68. The van der Waals surface area contributed by atoms with E-state index >= 15 is 0 Å². The van der Waals surface area contributed by atoms with E-state index < -0.39 is 5.92 Å². The zero-order valence-electron chi connectivity index (χ0n) is 16.7. The molecule has 0 aromatic heterocycles. The summed E-state index contributed by atoms with van der Waals surface area (Å²) in [7, 11) is 0. The van der Waals surface area contributed by atoms with Gasteiger partial charge in [-0.3, -0.25) is 4.79 Å². The van der Waals surface area contributed by atoms with E-state index in [9.17, 15) is 10.1 Å². The Balaban J connectivity index is 1.44. The molecule has 1 unspecified atom stereocenters. The van der Waals surface area contributed by atoms with E-state index in [1.807, 2.05) is 29.2 Å². The van der Waals surface area contributed by atoms with Crippen LogP contribution in [0.5, 0.6) is 0 Å². The molecule has 0 radical (unpaired) electrons. The fourth-order valence-corrected chi connectivity index (χ4v) is 4.11. The van der Waals surface area contributed by atoms with Gasteiger partial charge >= 0.3 is 0 Å². The van der Waals surface area contributed by atoms with E-state index in [4.69, 9.17) is 0 Å². The summed E-state index contributed by atoms with van der Waals surface area (Å²) < 4.78 is 0. The van der Waals surface area contributed by atoms with Gasteiger partial charge in [0.2, 0.25) is 5.91 Å². The van der Waals surface area contributed by atoms with E-state index in [2.05, 4.69) is 60.4 Å². The summed E-state index contributed by atoms with van der Waals surface area (Å²) in [5.41, 5.74) is 3.49. The Hall–Kier alpha value is -3.32. The van der Waals surface area contributed by atoms with Crippen LogP contribution in [0.15, 0.2) is 66.7 Å². The van der Waals surface area contributed by atoms with E-state index in [0.717, 1.165) is 29.4 Å². The van der Waals surface area contributed by atoms with Crippen LogP contribution in [0.1, 0.15) is 11.1 Å². The molecule has 1 atom stereocenters. The Morgan fingerprint density at radius 1 is 1.00 bits per heavy atom. The number of hydrogen-bond donors (Lipinski definition) is 0. The van der Waals surface area contributed by atoms with Crippen molar-refractivity contribution in [3.63, 3.8) is 0 Å². The highest BCUT2D eigenvalue weighted by molar-refractivity contribution is 5.87. The maximum atomic E-state index is 13.1. The van der Waals surface area contributed by atoms with Gasteiger partial charge in [-0.05, 0) is 47.4 Å². The second-order valence-corrected chi connectivity index (χ2v) is 7.68. The van der Waals surface area contributed by atoms with Gasteiger partial charge in [0.1, 0.15) is 5.92 Å². The van der Waals surface area contributed by atoms with Crippen molar-refractivity contribution < 1.29 is 4.79 Å². The lowest BCUT2D eigenvalue weighted by atomic mass is 9.94. The molecule has 146 valence electrons. The van der Waals surface area contributed by atoms with Gasteiger partial charge in [-0.25, -0.2) is 0 Å². The molecule has 4 nitrogen and oxygen atoms in total. The molecular weight excluding hydrogens is 358 g/mol. The van der Waals surface area contributed by atoms with Crippen molar-refractivity contribution >= 4 is 22.4 Å². The van der Waals surface area contributed by atoms with Gasteiger partial charge in [0.25, 0.3) is 0 Å². The number of anilines is 1. The van der Waals surface area contributed by atoms with E-state index in [0.29, 0.717) is 19.5 Å². The summed E-state index contributed by atoms with van der Waals surface area (Å²) >= 11 is 0. The lowest BCUT2D eigenvalue weighted by Gasteiger charge is -2.37. The van der Waals surface area contributed by atoms with Crippen LogP contribution in [0.4, 0.5) is 5.69 Å². The lowest BCUT2D eigenvalue weighted by Crippen LogP contribution is -2.50. The zero-order valence-corrected chi connectivity index (χ0v) is 16.7. The zero-order chi connectivity index (χ0) is 20.2. The molecule has 4 heteroatoms. The Morgan fingerprint density at radius 3 is 2.48 bits per heavy atom. The molecule has 29 heavy (non-hydrogen) atoms. The minimum absolute atomic E-state index is 0.0515. The number of hydrogen-bond acceptors (Lipinski definition) is 3. The van der Waals surface area contributed by atoms with Crippen molar-refractivity contribution in [3.05, 3.63) is 77.9 Å². The summed E-state index contributed by atoms with van der Waals surface area (Å²) in [6, 6.07) is 24.9. The minimum Gasteiger partial charge on any atom is -0.368 e. The number of aryl methyl sites for hydroxylation is 1. The number of benzene rings is 3. The third kappa shape index (κ3) is 4.09. The van der Waals surface area contributed by atoms with Crippen molar-refractivity contribution in [2.75, 3.05) is 31.1 Å². The summed E-state index contributed by atoms with van der Waals surface area (Å²) in [6.07, 6.45) is 0.453. The number of nitriles is 1. The number of fused-ring (bicyclic) bond motifs is 1. The van der Waals surface area contributed by atoms with Gasteiger partial charge in [0.05, 0.1) is 6.07 Å². The highest BCUT2D eigenvalue weighted by Crippen LogP contribution is 2.23. The quantitative estimate of drug-likeness (QED) is 0.679. The monoisotopic (exact) mass is 383 g/mol. The molecule has 3 aromatic carbocycles. The van der Waals surface area contributed by atoms with Crippen molar-refractivity contribution in [2.45, 2.75) is 13.3 Å². The van der Waals surface area contributed by atoms with Gasteiger partial charge in [-0.1, -0.05) is 54.6 Å². The van der Waals surface area contributed by atoms with Gasteiger partial charge in [0, 0.05) is 31.9 Å². The standard InChI is InChI=1S/C25H25N3O/c1-19-6-4-10-23(16-19)27-12-14-28(15-13-27)25(29)22(18-26)17-21-9-5-8-20-7-2-3-11-24(20)21/h2-11,16,22H,12-15,17H2,1H3. The van der Waals surface area contributed by atoms with Crippen LogP contribution >= 0.6 is 0 Å². The van der Waals surface area contributed by atoms with Crippen molar-refractivity contribution in [1.29, 1.82) is 5.26 Å². The first-order valence-electron chi connectivity index (χ1n) is 10.1. The summed E-state index contributed by atoms with van der Waals surface area (Å²) in [6.45, 7) is 4.98. The fraction of sp³-hybridized carbons (Fsp3) is 0.280. The third-order valence-corrected chi connectivity index (χ3v) is 5.72. The number of rotatable bonds is 4. The molecule has 0 N–H and O–H groups in total. The number of piperazine rings is 1. The average Bonchev–Trinajstić information content (AvgIpc) is 2.77. The highest BCUT2D eigenvalue weighted by atomic mass is 16.2. The molecule has 0 spiro atoms. The Kier molecular flexibility index (Phi) is 5.48. The number of carbonyl (C=O) groups excluding carboxylic acids is 1. The Bertz CT molecular complexity index is 1060. The van der Waals surface area contributed by atoms with Crippen LogP contribution in [0.2, 0.25) is 0 Å². The SMILES string of the molecule is Cc1cccc(N2CCN(C(=O)C(C#N)Cc3cccc4ccccc34)CC2)c1. The molecule has 1 saturated heterocycles. The van der Waals surface area contributed by atoms with Gasteiger partial charge in [0.15, 0.2) is 0 Å². The third-order valence-electron chi connectivity index (χ3n) is 5.72. The van der Waals surface area contributed by atoms with Gasteiger partial charge in [-0.15, -0.1) is 0 Å². The van der Waals surface area contributed by atoms with E-state index in [1.165, 1.54) is 11.3 Å². The van der Waals surface area contributed by atoms with Crippen LogP contribution in [-0.4, -0.2) is 37.0 Å². The normalized spacial score (nSPS) is 15.2. The lowest BCUT2D eigenvalue weighted by molar-refractivity contribution is -0.134. The predicted molar refractivity (Wildman–Crippen MR) is 117 cm³/mol. The van der Waals surface area contributed by atoms with Crippen LogP contribution in [0.25, 0.3) is 10.8 Å². The number of amides is 1. The molecule has 0 saturated carbocycles. The van der Waals surface area contributed by atoms with E-state index in [-0.39, 0.29) is 5.91 Å². The largest absolute Gasteiger partial charge is 0.368 e. The van der Waals surface area contributed by atoms with Crippen molar-refractivity contribution in [3.8, 4) is 6.07 Å². The van der Waals surface area contributed by atoms with Gasteiger partial charge < -0.3 is 9.80 Å². The Morgan fingerprint density at radius 2 is 1.72 bits per heavy atom. The maximum absolute atomic E-state index is 13.1. The molecule has 1 aliphatic rings. The predicted octanol–water partition coefficient (Wildman–Crippen LogP) is 4.18. The first-order valence-corrected chi connectivity index (χ1v) is 10.1. The summed E-state index contributed by atoms with van der Waals surface area (Å²) in [5.74, 6) is -0.698. The summed E-state index contributed by atoms with van der Waals surface area (Å²) in [4.78, 5) is 17.2. The molecule has 4 rings (SSSR count). The molecule has 3 aromatic rings. The number of nitrogens with zero attached hydrogens (tertiary/aromatic N) is 3. The van der Waals surface area contributed by atoms with Crippen molar-refractivity contribution in [1.82, 2.24) is 4.90 Å². The van der Waals surface area contributed by atoms with Crippen LogP contribution in [-0.2, 0) is 11.2 Å². The minimum atomic E-state index is -0.647. The van der Waals surface area contributed by atoms with Crippen LogP contribution in [0, 0.1) is 24.2 Å². The topological polar surface area (TPSA) is 47.3 Å². The second kappa shape index (κ2) is 8.36. The highest BCUT2D eigenvalue weighted by Gasteiger charge is 2.28. The Labute approximate surface area is 172 Å². The maximum Gasteiger partial charge on any atom is 0.240 e. The summed E-state index contributed by atoms with van der Waals surface area (Å²) in [5, 5.41) is 12.0.